The maximum atomic E-state index is 10.9. The van der Waals surface area contributed by atoms with Crippen molar-refractivity contribution in [3.8, 4) is 17.2 Å². The van der Waals surface area contributed by atoms with Crippen LogP contribution in [-0.4, -0.2) is 26.1 Å². The average Bonchev–Trinajstić information content (AvgIpc) is 2.59. The number of benzene rings is 2. The molecular weight excluding hydrogens is 328 g/mol. The molecule has 0 radical (unpaired) electrons. The molecule has 0 aliphatic carbocycles. The Hall–Kier alpha value is -2.49. The van der Waals surface area contributed by atoms with E-state index in [1.165, 1.54) is 5.56 Å². The topological polar surface area (TPSA) is 44.8 Å². The van der Waals surface area contributed by atoms with Gasteiger partial charge >= 0.3 is 0 Å². The highest BCUT2D eigenvalue weighted by atomic mass is 16.5. The van der Waals surface area contributed by atoms with Gasteiger partial charge in [-0.2, -0.15) is 0 Å². The summed E-state index contributed by atoms with van der Waals surface area (Å²) in [7, 11) is 0. The molecule has 0 unspecified atom stereocenters. The number of ether oxygens (including phenoxy) is 3. The standard InChI is InChI=1S/C22H28O4/c1-6-24-21-14-17(15-23)8-10-19(21)25-11-12-26-20-13-16(2)7-9-18(20)22(3,4)5/h7-10,13-15H,6,11-12H2,1-5H3. The highest BCUT2D eigenvalue weighted by Gasteiger charge is 2.19. The highest BCUT2D eigenvalue weighted by molar-refractivity contribution is 5.76. The molecule has 0 fully saturated rings. The minimum Gasteiger partial charge on any atom is -0.490 e. The monoisotopic (exact) mass is 356 g/mol. The Morgan fingerprint density at radius 3 is 2.19 bits per heavy atom. The van der Waals surface area contributed by atoms with Gasteiger partial charge in [0.05, 0.1) is 6.61 Å². The SMILES string of the molecule is CCOc1cc(C=O)ccc1OCCOc1cc(C)ccc1C(C)(C)C. The minimum atomic E-state index is 0.0106. The molecule has 0 aliphatic heterocycles. The Morgan fingerprint density at radius 2 is 1.58 bits per heavy atom. The van der Waals surface area contributed by atoms with E-state index >= 15 is 0 Å². The number of aldehydes is 1. The summed E-state index contributed by atoms with van der Waals surface area (Å²) in [6, 6.07) is 11.4. The number of aryl methyl sites for hydroxylation is 1. The van der Waals surface area contributed by atoms with Crippen LogP contribution in [0, 0.1) is 6.92 Å². The average molecular weight is 356 g/mol. The molecule has 2 aromatic carbocycles. The van der Waals surface area contributed by atoms with Crippen molar-refractivity contribution < 1.29 is 19.0 Å². The molecule has 26 heavy (non-hydrogen) atoms. The van der Waals surface area contributed by atoms with Gasteiger partial charge in [-0.3, -0.25) is 4.79 Å². The van der Waals surface area contributed by atoms with Crippen LogP contribution in [0.25, 0.3) is 0 Å². The highest BCUT2D eigenvalue weighted by Crippen LogP contribution is 2.32. The fraction of sp³-hybridized carbons (Fsp3) is 0.409. The van der Waals surface area contributed by atoms with E-state index in [9.17, 15) is 4.79 Å². The summed E-state index contributed by atoms with van der Waals surface area (Å²) in [5.74, 6) is 2.08. The van der Waals surface area contributed by atoms with Gasteiger partial charge in [-0.05, 0) is 54.7 Å². The molecule has 0 spiro atoms. The van der Waals surface area contributed by atoms with Crippen LogP contribution in [0.3, 0.4) is 0 Å². The van der Waals surface area contributed by atoms with Gasteiger partial charge < -0.3 is 14.2 Å². The Labute approximate surface area is 156 Å². The van der Waals surface area contributed by atoms with Crippen LogP contribution >= 0.6 is 0 Å². The Morgan fingerprint density at radius 1 is 0.885 bits per heavy atom. The van der Waals surface area contributed by atoms with Crippen molar-refractivity contribution in [2.75, 3.05) is 19.8 Å². The lowest BCUT2D eigenvalue weighted by atomic mass is 9.86. The molecular formula is C22H28O4. The lowest BCUT2D eigenvalue weighted by Crippen LogP contribution is -2.16. The van der Waals surface area contributed by atoms with Crippen LogP contribution in [0.15, 0.2) is 36.4 Å². The van der Waals surface area contributed by atoms with E-state index in [4.69, 9.17) is 14.2 Å². The molecule has 0 N–H and O–H groups in total. The zero-order valence-corrected chi connectivity index (χ0v) is 16.3. The maximum Gasteiger partial charge on any atom is 0.161 e. The number of rotatable bonds is 8. The van der Waals surface area contributed by atoms with Gasteiger partial charge in [-0.1, -0.05) is 32.9 Å². The van der Waals surface area contributed by atoms with E-state index in [0.29, 0.717) is 36.9 Å². The molecule has 2 rings (SSSR count). The van der Waals surface area contributed by atoms with Gasteiger partial charge in [0.15, 0.2) is 11.5 Å². The Bertz CT molecular complexity index is 744. The predicted molar refractivity (Wildman–Crippen MR) is 104 cm³/mol. The molecule has 4 heteroatoms. The zero-order chi connectivity index (χ0) is 19.2. The molecule has 4 nitrogen and oxygen atoms in total. The first-order valence-corrected chi connectivity index (χ1v) is 8.94. The van der Waals surface area contributed by atoms with Crippen LogP contribution in [0.2, 0.25) is 0 Å². The van der Waals surface area contributed by atoms with Gasteiger partial charge in [0.1, 0.15) is 25.2 Å². The molecule has 0 atom stereocenters. The summed E-state index contributed by atoms with van der Waals surface area (Å²) in [6.07, 6.45) is 0.793. The van der Waals surface area contributed by atoms with Crippen LogP contribution in [0.4, 0.5) is 0 Å². The van der Waals surface area contributed by atoms with Crippen molar-refractivity contribution >= 4 is 6.29 Å². The summed E-state index contributed by atoms with van der Waals surface area (Å²) in [5.41, 5.74) is 2.91. The lowest BCUT2D eigenvalue weighted by Gasteiger charge is -2.23. The fourth-order valence-electron chi connectivity index (χ4n) is 2.66. The number of carbonyl (C=O) groups is 1. The zero-order valence-electron chi connectivity index (χ0n) is 16.3. The second-order valence-electron chi connectivity index (χ2n) is 7.20. The summed E-state index contributed by atoms with van der Waals surface area (Å²) < 4.78 is 17.3. The summed E-state index contributed by atoms with van der Waals surface area (Å²) in [4.78, 5) is 10.9. The normalized spacial score (nSPS) is 11.1. The van der Waals surface area contributed by atoms with Crippen molar-refractivity contribution in [2.45, 2.75) is 40.0 Å². The number of hydrogen-bond acceptors (Lipinski definition) is 4. The largest absolute Gasteiger partial charge is 0.490 e. The van der Waals surface area contributed by atoms with Crippen molar-refractivity contribution in [1.29, 1.82) is 0 Å². The maximum absolute atomic E-state index is 10.9. The third kappa shape index (κ3) is 5.25. The van der Waals surface area contributed by atoms with Gasteiger partial charge in [0.25, 0.3) is 0 Å². The van der Waals surface area contributed by atoms with Crippen LogP contribution in [0.1, 0.15) is 49.2 Å². The predicted octanol–water partition coefficient (Wildman–Crippen LogP) is 4.96. The molecule has 0 bridgehead atoms. The Kier molecular flexibility index (Phi) is 6.67. The van der Waals surface area contributed by atoms with Gasteiger partial charge in [-0.15, -0.1) is 0 Å². The first-order valence-electron chi connectivity index (χ1n) is 8.94. The van der Waals surface area contributed by atoms with Crippen LogP contribution in [-0.2, 0) is 5.41 Å². The van der Waals surface area contributed by atoms with E-state index in [0.717, 1.165) is 17.6 Å². The van der Waals surface area contributed by atoms with Gasteiger partial charge in [0.2, 0.25) is 0 Å². The summed E-state index contributed by atoms with van der Waals surface area (Å²) in [6.45, 7) is 11.8. The van der Waals surface area contributed by atoms with E-state index in [2.05, 4.69) is 45.9 Å². The molecule has 0 aliphatic rings. The van der Waals surface area contributed by atoms with Crippen LogP contribution < -0.4 is 14.2 Å². The Balaban J connectivity index is 2.01. The second kappa shape index (κ2) is 8.75. The second-order valence-corrected chi connectivity index (χ2v) is 7.20. The van der Waals surface area contributed by atoms with E-state index in [1.807, 2.05) is 6.92 Å². The van der Waals surface area contributed by atoms with Gasteiger partial charge in [0, 0.05) is 5.56 Å². The number of carbonyl (C=O) groups excluding carboxylic acids is 1. The van der Waals surface area contributed by atoms with Crippen molar-refractivity contribution in [2.24, 2.45) is 0 Å². The van der Waals surface area contributed by atoms with Gasteiger partial charge in [-0.25, -0.2) is 0 Å². The molecule has 0 heterocycles. The first kappa shape index (κ1) is 19.8. The molecule has 0 saturated carbocycles. The van der Waals surface area contributed by atoms with Crippen molar-refractivity contribution in [3.63, 3.8) is 0 Å². The lowest BCUT2D eigenvalue weighted by molar-refractivity contribution is 0.112. The fourth-order valence-corrected chi connectivity index (χ4v) is 2.66. The third-order valence-electron chi connectivity index (χ3n) is 3.95. The molecule has 140 valence electrons. The van der Waals surface area contributed by atoms with E-state index < -0.39 is 0 Å². The molecule has 0 amide bonds. The third-order valence-corrected chi connectivity index (χ3v) is 3.95. The minimum absolute atomic E-state index is 0.0106. The van der Waals surface area contributed by atoms with E-state index in [1.54, 1.807) is 18.2 Å². The molecule has 0 saturated heterocycles. The number of hydrogen-bond donors (Lipinski definition) is 0. The van der Waals surface area contributed by atoms with Crippen molar-refractivity contribution in [3.05, 3.63) is 53.1 Å². The van der Waals surface area contributed by atoms with E-state index in [-0.39, 0.29) is 5.41 Å². The molecule has 2 aromatic rings. The molecule has 0 aromatic heterocycles. The smallest absolute Gasteiger partial charge is 0.161 e. The summed E-state index contributed by atoms with van der Waals surface area (Å²) in [5, 5.41) is 0. The quantitative estimate of drug-likeness (QED) is 0.495. The first-order chi connectivity index (χ1) is 12.3. The summed E-state index contributed by atoms with van der Waals surface area (Å²) >= 11 is 0. The van der Waals surface area contributed by atoms with Crippen LogP contribution in [0.5, 0.6) is 17.2 Å². The van der Waals surface area contributed by atoms with Crippen molar-refractivity contribution in [1.82, 2.24) is 0 Å².